The molecule has 2 atom stereocenters. The van der Waals surface area contributed by atoms with Crippen molar-refractivity contribution in [3.63, 3.8) is 0 Å². The van der Waals surface area contributed by atoms with Crippen LogP contribution >= 0.6 is 15.9 Å². The van der Waals surface area contributed by atoms with Crippen LogP contribution in [-0.2, 0) is 19.7 Å². The number of halogens is 1. The zero-order valence-electron chi connectivity index (χ0n) is 16.7. The van der Waals surface area contributed by atoms with Crippen LogP contribution in [0, 0.1) is 18.3 Å². The highest BCUT2D eigenvalue weighted by atomic mass is 79.9. The molecule has 0 fully saturated rings. The number of carbonyl (C=O) groups excluding carboxylic acids is 2. The molecule has 5 rings (SSSR count). The van der Waals surface area contributed by atoms with E-state index in [0.717, 1.165) is 11.1 Å². The molecular weight excluding hydrogens is 458 g/mol. The molecule has 2 aromatic rings. The highest BCUT2D eigenvalue weighted by molar-refractivity contribution is 9.10. The standard InChI is InChI=1S/C24H18BrN3O3/c1-12-7-8-16-19(21(12)25)24(23(30)28-16)15(11-26)22(27)31-18-10-14(9-17(29)20(18)24)13-5-3-2-4-6-13/h2-8,14H,9-10,27H2,1H3,(H,28,30)/t14-,24-/m0/s1. The van der Waals surface area contributed by atoms with E-state index >= 15 is 0 Å². The van der Waals surface area contributed by atoms with Crippen LogP contribution < -0.4 is 11.1 Å². The van der Waals surface area contributed by atoms with Gasteiger partial charge < -0.3 is 15.8 Å². The predicted octanol–water partition coefficient (Wildman–Crippen LogP) is 4.07. The molecule has 7 heteroatoms. The minimum Gasteiger partial charge on any atom is -0.444 e. The van der Waals surface area contributed by atoms with Crippen LogP contribution in [-0.4, -0.2) is 11.7 Å². The Labute approximate surface area is 187 Å². The Hall–Kier alpha value is -3.37. The largest absolute Gasteiger partial charge is 0.444 e. The molecule has 1 spiro atoms. The Morgan fingerprint density at radius 3 is 2.65 bits per heavy atom. The summed E-state index contributed by atoms with van der Waals surface area (Å²) in [5, 5.41) is 12.9. The monoisotopic (exact) mass is 475 g/mol. The van der Waals surface area contributed by atoms with Crippen LogP contribution in [0.2, 0.25) is 0 Å². The van der Waals surface area contributed by atoms with Gasteiger partial charge in [0.2, 0.25) is 11.8 Å². The Morgan fingerprint density at radius 1 is 1.19 bits per heavy atom. The van der Waals surface area contributed by atoms with E-state index in [9.17, 15) is 14.9 Å². The molecule has 2 aliphatic heterocycles. The molecular formula is C24H18BrN3O3. The van der Waals surface area contributed by atoms with E-state index in [2.05, 4.69) is 27.3 Å². The van der Waals surface area contributed by atoms with Gasteiger partial charge in [-0.15, -0.1) is 0 Å². The average Bonchev–Trinajstić information content (AvgIpc) is 3.04. The molecule has 31 heavy (non-hydrogen) atoms. The number of aryl methyl sites for hydroxylation is 1. The number of anilines is 1. The smallest absolute Gasteiger partial charge is 0.245 e. The van der Waals surface area contributed by atoms with Gasteiger partial charge in [0.05, 0.1) is 5.57 Å². The molecule has 0 radical (unpaired) electrons. The number of nitrogens with one attached hydrogen (secondary N) is 1. The van der Waals surface area contributed by atoms with E-state index < -0.39 is 11.3 Å². The summed E-state index contributed by atoms with van der Waals surface area (Å²) in [7, 11) is 0. The zero-order valence-corrected chi connectivity index (χ0v) is 18.2. The highest BCUT2D eigenvalue weighted by Crippen LogP contribution is 2.57. The lowest BCUT2D eigenvalue weighted by Gasteiger charge is -2.39. The number of nitriles is 1. The molecule has 1 amide bonds. The van der Waals surface area contributed by atoms with E-state index in [1.54, 1.807) is 6.07 Å². The summed E-state index contributed by atoms with van der Waals surface area (Å²) in [5.74, 6) is -0.551. The number of benzene rings is 2. The second-order valence-electron chi connectivity index (χ2n) is 8.01. The maximum absolute atomic E-state index is 13.6. The van der Waals surface area contributed by atoms with Crippen molar-refractivity contribution < 1.29 is 14.3 Å². The second-order valence-corrected chi connectivity index (χ2v) is 8.81. The van der Waals surface area contributed by atoms with E-state index in [-0.39, 0.29) is 35.2 Å². The Balaban J connectivity index is 1.78. The minimum atomic E-state index is -1.62. The molecule has 3 aliphatic rings. The fraction of sp³-hybridized carbons (Fsp3) is 0.208. The van der Waals surface area contributed by atoms with E-state index in [0.29, 0.717) is 27.9 Å². The molecule has 3 N–H and O–H groups in total. The molecule has 0 saturated carbocycles. The molecule has 6 nitrogen and oxygen atoms in total. The molecule has 0 bridgehead atoms. The number of ketones is 1. The fourth-order valence-electron chi connectivity index (χ4n) is 4.94. The number of carbonyl (C=O) groups is 2. The molecule has 2 heterocycles. The van der Waals surface area contributed by atoms with Crippen molar-refractivity contribution in [2.75, 3.05) is 5.32 Å². The summed E-state index contributed by atoms with van der Waals surface area (Å²) < 4.78 is 6.50. The number of rotatable bonds is 1. The van der Waals surface area contributed by atoms with Crippen molar-refractivity contribution in [3.8, 4) is 6.07 Å². The van der Waals surface area contributed by atoms with Gasteiger partial charge in [-0.25, -0.2) is 0 Å². The third-order valence-electron chi connectivity index (χ3n) is 6.33. The summed E-state index contributed by atoms with van der Waals surface area (Å²) in [5.41, 5.74) is 7.71. The molecule has 154 valence electrons. The number of nitrogens with zero attached hydrogens (tertiary/aromatic N) is 1. The van der Waals surface area contributed by atoms with Crippen LogP contribution in [0.25, 0.3) is 0 Å². The number of fused-ring (bicyclic) bond motifs is 3. The summed E-state index contributed by atoms with van der Waals surface area (Å²) in [6.07, 6.45) is 0.636. The van der Waals surface area contributed by atoms with Gasteiger partial charge in [0.1, 0.15) is 22.8 Å². The number of amides is 1. The predicted molar refractivity (Wildman–Crippen MR) is 118 cm³/mol. The lowest BCUT2D eigenvalue weighted by Crippen LogP contribution is -2.47. The molecule has 0 unspecified atom stereocenters. The van der Waals surface area contributed by atoms with Crippen LogP contribution in [0.3, 0.4) is 0 Å². The van der Waals surface area contributed by atoms with Gasteiger partial charge in [0.15, 0.2) is 5.78 Å². The van der Waals surface area contributed by atoms with Gasteiger partial charge in [0, 0.05) is 28.6 Å². The van der Waals surface area contributed by atoms with Crippen LogP contribution in [0.4, 0.5) is 5.69 Å². The number of hydrogen-bond donors (Lipinski definition) is 2. The summed E-state index contributed by atoms with van der Waals surface area (Å²) in [6.45, 7) is 1.89. The minimum absolute atomic E-state index is 0.0553. The number of Topliss-reactive ketones (excluding diaryl/α,β-unsaturated/α-hetero) is 1. The van der Waals surface area contributed by atoms with Crippen molar-refractivity contribution in [3.05, 3.63) is 86.4 Å². The molecule has 2 aromatic carbocycles. The van der Waals surface area contributed by atoms with Crippen molar-refractivity contribution in [2.45, 2.75) is 31.1 Å². The first kappa shape index (κ1) is 19.6. The third kappa shape index (κ3) is 2.55. The second kappa shape index (κ2) is 6.82. The number of hydrogen-bond acceptors (Lipinski definition) is 5. The van der Waals surface area contributed by atoms with Gasteiger partial charge in [-0.05, 0) is 30.0 Å². The van der Waals surface area contributed by atoms with E-state index in [1.807, 2.05) is 43.3 Å². The van der Waals surface area contributed by atoms with Gasteiger partial charge >= 0.3 is 0 Å². The Morgan fingerprint density at radius 2 is 1.94 bits per heavy atom. The summed E-state index contributed by atoms with van der Waals surface area (Å²) in [4.78, 5) is 27.1. The quantitative estimate of drug-likeness (QED) is 0.646. The van der Waals surface area contributed by atoms with Gasteiger partial charge in [-0.1, -0.05) is 52.3 Å². The van der Waals surface area contributed by atoms with E-state index in [4.69, 9.17) is 10.5 Å². The lowest BCUT2D eigenvalue weighted by molar-refractivity contribution is -0.123. The van der Waals surface area contributed by atoms with Gasteiger partial charge in [-0.2, -0.15) is 5.26 Å². The fourth-order valence-corrected chi connectivity index (χ4v) is 5.58. The third-order valence-corrected chi connectivity index (χ3v) is 7.35. The highest BCUT2D eigenvalue weighted by Gasteiger charge is 2.61. The first-order chi connectivity index (χ1) is 14.9. The number of nitrogens with two attached hydrogens (primary N) is 1. The lowest BCUT2D eigenvalue weighted by atomic mass is 9.63. The topological polar surface area (TPSA) is 105 Å². The SMILES string of the molecule is Cc1ccc2c(c1Br)[C@@]1(C(=O)N2)C(C#N)=C(N)OC2=C1C(=O)C[C@H](c1ccccc1)C2. The number of allylic oxidation sites excluding steroid dienone is 1. The molecule has 1 aliphatic carbocycles. The van der Waals surface area contributed by atoms with Gasteiger partial charge in [0.25, 0.3) is 0 Å². The first-order valence-electron chi connectivity index (χ1n) is 9.90. The summed E-state index contributed by atoms with van der Waals surface area (Å²) >= 11 is 3.59. The Bertz CT molecular complexity index is 1270. The van der Waals surface area contributed by atoms with Crippen LogP contribution in [0.5, 0.6) is 0 Å². The Kier molecular flexibility index (Phi) is 4.31. The maximum Gasteiger partial charge on any atom is 0.245 e. The average molecular weight is 476 g/mol. The molecule has 0 aromatic heterocycles. The first-order valence-corrected chi connectivity index (χ1v) is 10.7. The van der Waals surface area contributed by atoms with Crippen molar-refractivity contribution >= 4 is 33.3 Å². The van der Waals surface area contributed by atoms with Crippen molar-refractivity contribution in [1.29, 1.82) is 5.26 Å². The summed E-state index contributed by atoms with van der Waals surface area (Å²) in [6, 6.07) is 15.4. The zero-order chi connectivity index (χ0) is 21.9. The van der Waals surface area contributed by atoms with E-state index in [1.165, 1.54) is 0 Å². The van der Waals surface area contributed by atoms with Crippen molar-refractivity contribution in [1.82, 2.24) is 0 Å². The van der Waals surface area contributed by atoms with Crippen molar-refractivity contribution in [2.24, 2.45) is 5.73 Å². The maximum atomic E-state index is 13.6. The van der Waals surface area contributed by atoms with Gasteiger partial charge in [-0.3, -0.25) is 9.59 Å². The number of ether oxygens (including phenoxy) is 1. The van der Waals surface area contributed by atoms with Crippen LogP contribution in [0.15, 0.2) is 69.7 Å². The normalized spacial score (nSPS) is 24.5. The molecule has 0 saturated heterocycles. The van der Waals surface area contributed by atoms with Crippen LogP contribution in [0.1, 0.15) is 35.4 Å².